The van der Waals surface area contributed by atoms with Crippen molar-refractivity contribution in [2.45, 2.75) is 16.2 Å². The minimum Gasteiger partial charge on any atom is -0.496 e. The minimum absolute atomic E-state index is 0.133. The number of ether oxygens (including phenoxy) is 1. The second-order valence-electron chi connectivity index (χ2n) is 7.28. The number of methoxy groups -OCH3 is 1. The molecule has 3 aromatic rings. The number of aromatic nitrogens is 1. The number of thioether (sulfide) groups is 1. The number of aromatic amines is 1. The van der Waals surface area contributed by atoms with E-state index in [9.17, 15) is 24.5 Å². The minimum atomic E-state index is -0.752. The Hall–Kier alpha value is -3.44. The molecule has 2 aliphatic rings. The van der Waals surface area contributed by atoms with Crippen molar-refractivity contribution in [3.05, 3.63) is 78.8 Å². The predicted octanol–water partition coefficient (Wildman–Crippen LogP) is 3.15. The van der Waals surface area contributed by atoms with Crippen LogP contribution in [0.5, 0.6) is 5.75 Å². The highest BCUT2D eigenvalue weighted by Gasteiger charge is 2.56. The van der Waals surface area contributed by atoms with Crippen molar-refractivity contribution in [3.63, 3.8) is 0 Å². The number of nitrogens with one attached hydrogen (secondary N) is 1. The molecule has 0 aliphatic carbocycles. The lowest BCUT2D eigenvalue weighted by atomic mass is 9.82. The molecule has 162 valence electrons. The lowest BCUT2D eigenvalue weighted by Gasteiger charge is -2.30. The van der Waals surface area contributed by atoms with Gasteiger partial charge >= 0.3 is 4.87 Å². The number of thiazole rings is 1. The van der Waals surface area contributed by atoms with E-state index in [1.807, 2.05) is 18.2 Å². The van der Waals surface area contributed by atoms with Crippen LogP contribution in [-0.2, 0) is 9.59 Å². The summed E-state index contributed by atoms with van der Waals surface area (Å²) in [5.41, 5.74) is 0.857. The van der Waals surface area contributed by atoms with E-state index in [-0.39, 0.29) is 16.2 Å². The fourth-order valence-corrected chi connectivity index (χ4v) is 6.76. The quantitative estimate of drug-likeness (QED) is 0.354. The van der Waals surface area contributed by atoms with Crippen molar-refractivity contribution in [2.75, 3.05) is 12.0 Å². The molecule has 1 fully saturated rings. The van der Waals surface area contributed by atoms with Gasteiger partial charge in [-0.2, -0.15) is 0 Å². The number of rotatable bonds is 4. The SMILES string of the molecule is COc1ccccc1[C@H]1c2sc(=O)[nH]c2SC2C(=O)N(c3ccc([N+](=O)[O-])cc3)C(=O)C21. The number of benzene rings is 2. The zero-order chi connectivity index (χ0) is 22.6. The van der Waals surface area contributed by atoms with Crippen molar-refractivity contribution in [1.29, 1.82) is 0 Å². The fraction of sp³-hybridized carbons (Fsp3) is 0.190. The zero-order valence-electron chi connectivity index (χ0n) is 16.5. The summed E-state index contributed by atoms with van der Waals surface area (Å²) in [6.07, 6.45) is 0. The first-order valence-corrected chi connectivity index (χ1v) is 11.2. The van der Waals surface area contributed by atoms with Crippen molar-refractivity contribution in [1.82, 2.24) is 4.98 Å². The number of nitro groups is 1. The summed E-state index contributed by atoms with van der Waals surface area (Å²) in [7, 11) is 1.53. The van der Waals surface area contributed by atoms with Crippen LogP contribution in [0.3, 0.4) is 0 Å². The van der Waals surface area contributed by atoms with Gasteiger partial charge in [0.05, 0.1) is 28.7 Å². The lowest BCUT2D eigenvalue weighted by molar-refractivity contribution is -0.384. The van der Waals surface area contributed by atoms with E-state index in [1.54, 1.807) is 6.07 Å². The maximum atomic E-state index is 13.6. The van der Waals surface area contributed by atoms with Gasteiger partial charge in [0.1, 0.15) is 11.0 Å². The van der Waals surface area contributed by atoms with Gasteiger partial charge in [-0.25, -0.2) is 4.90 Å². The second-order valence-corrected chi connectivity index (χ2v) is 9.44. The normalized spacial score (nSPS) is 21.9. The molecule has 11 heteroatoms. The summed E-state index contributed by atoms with van der Waals surface area (Å²) < 4.78 is 5.51. The Morgan fingerprint density at radius 3 is 2.47 bits per heavy atom. The van der Waals surface area contributed by atoms with Crippen LogP contribution in [0.2, 0.25) is 0 Å². The van der Waals surface area contributed by atoms with E-state index >= 15 is 0 Å². The molecule has 2 amide bonds. The summed E-state index contributed by atoms with van der Waals surface area (Å²) >= 11 is 2.19. The van der Waals surface area contributed by atoms with Gasteiger partial charge in [-0.3, -0.25) is 24.5 Å². The van der Waals surface area contributed by atoms with Gasteiger partial charge in [0.15, 0.2) is 0 Å². The highest BCUT2D eigenvalue weighted by atomic mass is 32.2. The average Bonchev–Trinajstić information content (AvgIpc) is 3.28. The second kappa shape index (κ2) is 7.61. The number of nitrogens with zero attached hydrogens (tertiary/aromatic N) is 2. The molecule has 0 spiro atoms. The standard InChI is InChI=1S/C21H15N3O6S2/c1-30-13-5-3-2-4-12(13)14-15-17(31-18-16(14)32-21(27)22-18)20(26)23(19(15)25)10-6-8-11(9-7-10)24(28)29/h2-9,14-15,17H,1H3,(H,22,27)/t14-,15?,17?/m1/s1. The number of imide groups is 1. The van der Waals surface area contributed by atoms with Crippen LogP contribution >= 0.6 is 23.1 Å². The molecular formula is C21H15N3O6S2. The van der Waals surface area contributed by atoms with Gasteiger partial charge in [-0.05, 0) is 18.2 Å². The van der Waals surface area contributed by atoms with E-state index in [4.69, 9.17) is 4.74 Å². The van der Waals surface area contributed by atoms with Gasteiger partial charge in [-0.1, -0.05) is 41.3 Å². The van der Waals surface area contributed by atoms with Crippen molar-refractivity contribution in [2.24, 2.45) is 5.92 Å². The maximum absolute atomic E-state index is 13.6. The number of carbonyl (C=O) groups is 2. The Morgan fingerprint density at radius 1 is 1.06 bits per heavy atom. The first kappa shape index (κ1) is 20.5. The first-order chi connectivity index (χ1) is 15.4. The van der Waals surface area contributed by atoms with Crippen LogP contribution in [0.25, 0.3) is 0 Å². The zero-order valence-corrected chi connectivity index (χ0v) is 18.1. The van der Waals surface area contributed by atoms with Crippen LogP contribution in [-0.4, -0.2) is 34.1 Å². The topological polar surface area (TPSA) is 123 Å². The number of hydrogen-bond donors (Lipinski definition) is 1. The summed E-state index contributed by atoms with van der Waals surface area (Å²) in [5.74, 6) is -1.57. The molecule has 1 N–H and O–H groups in total. The summed E-state index contributed by atoms with van der Waals surface area (Å²) in [6.45, 7) is 0. The molecule has 2 aromatic carbocycles. The van der Waals surface area contributed by atoms with E-state index in [1.165, 1.54) is 43.1 Å². The molecule has 3 heterocycles. The monoisotopic (exact) mass is 469 g/mol. The van der Waals surface area contributed by atoms with E-state index in [0.29, 0.717) is 21.2 Å². The Balaban J connectivity index is 1.63. The van der Waals surface area contributed by atoms with Crippen molar-refractivity contribution >= 4 is 46.3 Å². The number of hydrogen-bond acceptors (Lipinski definition) is 8. The molecule has 0 bridgehead atoms. The van der Waals surface area contributed by atoms with Gasteiger partial charge in [0.2, 0.25) is 11.8 Å². The highest BCUT2D eigenvalue weighted by molar-refractivity contribution is 8.00. The third-order valence-electron chi connectivity index (χ3n) is 5.62. The maximum Gasteiger partial charge on any atom is 0.305 e. The predicted molar refractivity (Wildman–Crippen MR) is 119 cm³/mol. The molecule has 9 nitrogen and oxygen atoms in total. The molecule has 1 aromatic heterocycles. The molecule has 0 saturated carbocycles. The lowest BCUT2D eigenvalue weighted by Crippen LogP contribution is -2.32. The molecule has 0 radical (unpaired) electrons. The van der Waals surface area contributed by atoms with Gasteiger partial charge < -0.3 is 9.72 Å². The molecule has 5 rings (SSSR count). The summed E-state index contributed by atoms with van der Waals surface area (Å²) in [4.78, 5) is 53.8. The molecule has 32 heavy (non-hydrogen) atoms. The number of anilines is 1. The highest BCUT2D eigenvalue weighted by Crippen LogP contribution is 2.54. The van der Waals surface area contributed by atoms with Crippen LogP contribution in [0.15, 0.2) is 58.4 Å². The smallest absolute Gasteiger partial charge is 0.305 e. The van der Waals surface area contributed by atoms with Crippen LogP contribution in [0.4, 0.5) is 11.4 Å². The number of fused-ring (bicyclic) bond motifs is 2. The number of H-pyrrole nitrogens is 1. The molecule has 1 saturated heterocycles. The number of nitro benzene ring substituents is 1. The van der Waals surface area contributed by atoms with Gasteiger partial charge in [-0.15, -0.1) is 0 Å². The number of para-hydroxylation sites is 1. The van der Waals surface area contributed by atoms with Crippen LogP contribution in [0, 0.1) is 16.0 Å². The number of carbonyl (C=O) groups excluding carboxylic acids is 2. The van der Waals surface area contributed by atoms with Gasteiger partial charge in [0.25, 0.3) is 5.69 Å². The third kappa shape index (κ3) is 3.04. The molecule has 2 aliphatic heterocycles. The molecular weight excluding hydrogens is 454 g/mol. The fourth-order valence-electron chi connectivity index (χ4n) is 4.25. The largest absolute Gasteiger partial charge is 0.496 e. The first-order valence-electron chi connectivity index (χ1n) is 9.55. The number of amides is 2. The summed E-state index contributed by atoms with van der Waals surface area (Å²) in [5, 5.41) is 10.8. The summed E-state index contributed by atoms with van der Waals surface area (Å²) in [6, 6.07) is 12.5. The van der Waals surface area contributed by atoms with Crippen molar-refractivity contribution < 1.29 is 19.2 Å². The molecule has 3 atom stereocenters. The average molecular weight is 470 g/mol. The number of non-ortho nitro benzene ring substituents is 1. The van der Waals surface area contributed by atoms with E-state index < -0.39 is 33.8 Å². The van der Waals surface area contributed by atoms with Crippen molar-refractivity contribution in [3.8, 4) is 5.75 Å². The van der Waals surface area contributed by atoms with E-state index in [2.05, 4.69) is 4.98 Å². The Kier molecular flexibility index (Phi) is 4.86. The Labute approximate surface area is 189 Å². The van der Waals surface area contributed by atoms with Crippen LogP contribution < -0.4 is 14.5 Å². The third-order valence-corrected chi connectivity index (χ3v) is 8.02. The van der Waals surface area contributed by atoms with Gasteiger partial charge in [0, 0.05) is 28.5 Å². The van der Waals surface area contributed by atoms with E-state index in [0.717, 1.165) is 16.2 Å². The Bertz CT molecular complexity index is 1320. The van der Waals surface area contributed by atoms with Crippen LogP contribution in [0.1, 0.15) is 16.4 Å². The molecule has 2 unspecified atom stereocenters. The Morgan fingerprint density at radius 2 is 1.78 bits per heavy atom.